The Labute approximate surface area is 86.4 Å². The quantitative estimate of drug-likeness (QED) is 0.405. The lowest BCUT2D eigenvalue weighted by Crippen LogP contribution is -2.13. The molecule has 13 heavy (non-hydrogen) atoms. The van der Waals surface area contributed by atoms with Gasteiger partial charge in [-0.15, -0.1) is 0 Å². The van der Waals surface area contributed by atoms with Gasteiger partial charge in [0.1, 0.15) is 0 Å². The lowest BCUT2D eigenvalue weighted by molar-refractivity contribution is 1.01. The molecule has 0 aromatic heterocycles. The number of rotatable bonds is 8. The third kappa shape index (κ3) is 5.06. The van der Waals surface area contributed by atoms with Gasteiger partial charge in [0.05, 0.1) is 0 Å². The zero-order chi connectivity index (χ0) is 10.2. The van der Waals surface area contributed by atoms with Crippen molar-refractivity contribution in [3.05, 3.63) is 0 Å². The SMILES string of the molecule is CC[B-][P+](CCC)(CCC)CCC. The Bertz CT molecular complexity index is 85.1. The zero-order valence-electron chi connectivity index (χ0n) is 9.97. The lowest BCUT2D eigenvalue weighted by Gasteiger charge is -2.38. The predicted molar refractivity (Wildman–Crippen MR) is 68.6 cm³/mol. The van der Waals surface area contributed by atoms with E-state index in [-0.39, 0.29) is 0 Å². The lowest BCUT2D eigenvalue weighted by atomic mass is 10.1. The zero-order valence-corrected chi connectivity index (χ0v) is 10.9. The van der Waals surface area contributed by atoms with Crippen molar-refractivity contribution in [2.24, 2.45) is 0 Å². The van der Waals surface area contributed by atoms with Crippen LogP contribution in [0.2, 0.25) is 6.32 Å². The fourth-order valence-corrected chi connectivity index (χ4v) is 7.00. The van der Waals surface area contributed by atoms with Gasteiger partial charge in [0.25, 0.3) is 0 Å². The molecule has 0 N–H and O–H groups in total. The molecule has 0 saturated heterocycles. The van der Waals surface area contributed by atoms with Crippen molar-refractivity contribution >= 4 is 14.1 Å². The fraction of sp³-hybridized carbons (Fsp3) is 1.00. The molecule has 2 radical (unpaired) electrons. The second-order valence-electron chi connectivity index (χ2n) is 3.98. The van der Waals surface area contributed by atoms with E-state index in [0.29, 0.717) is 0 Å². The molecule has 0 aromatic carbocycles. The number of hydrogen-bond donors (Lipinski definition) is 0. The van der Waals surface area contributed by atoms with Crippen LogP contribution in [0.3, 0.4) is 0 Å². The summed E-state index contributed by atoms with van der Waals surface area (Å²) in [6.07, 6.45) is 9.93. The van der Waals surface area contributed by atoms with Crippen LogP contribution in [0.5, 0.6) is 0 Å². The van der Waals surface area contributed by atoms with Crippen LogP contribution in [0.15, 0.2) is 0 Å². The molecule has 0 aliphatic rings. The summed E-state index contributed by atoms with van der Waals surface area (Å²) in [5.74, 6) is 0. The molecular weight excluding hydrogens is 174 g/mol. The molecule has 0 aliphatic carbocycles. The van der Waals surface area contributed by atoms with Crippen molar-refractivity contribution in [2.75, 3.05) is 18.5 Å². The highest BCUT2D eigenvalue weighted by atomic mass is 31.2. The van der Waals surface area contributed by atoms with E-state index in [0.717, 1.165) is 0 Å². The maximum Gasteiger partial charge on any atom is 0.0143 e. The van der Waals surface area contributed by atoms with E-state index in [1.54, 1.807) is 0 Å². The van der Waals surface area contributed by atoms with Gasteiger partial charge in [-0.1, -0.05) is 34.7 Å². The Hall–Kier alpha value is 0.495. The van der Waals surface area contributed by atoms with Gasteiger partial charge >= 0.3 is 0 Å². The van der Waals surface area contributed by atoms with Crippen LogP contribution >= 0.6 is 7.14 Å². The second-order valence-corrected chi connectivity index (χ2v) is 8.12. The van der Waals surface area contributed by atoms with Crippen LogP contribution in [0.1, 0.15) is 47.0 Å². The molecule has 78 valence electrons. The molecule has 0 fully saturated rings. The third-order valence-corrected chi connectivity index (χ3v) is 7.73. The van der Waals surface area contributed by atoms with Crippen LogP contribution in [0.4, 0.5) is 0 Å². The summed E-state index contributed by atoms with van der Waals surface area (Å²) in [5, 5.41) is 0. The van der Waals surface area contributed by atoms with Gasteiger partial charge in [-0.3, -0.25) is 0 Å². The van der Waals surface area contributed by atoms with Crippen molar-refractivity contribution in [1.29, 1.82) is 0 Å². The van der Waals surface area contributed by atoms with Crippen molar-refractivity contribution in [3.63, 3.8) is 0 Å². The third-order valence-electron chi connectivity index (χ3n) is 2.58. The van der Waals surface area contributed by atoms with E-state index in [9.17, 15) is 0 Å². The summed E-state index contributed by atoms with van der Waals surface area (Å²) < 4.78 is 0. The predicted octanol–water partition coefficient (Wildman–Crippen LogP) is 4.29. The molecule has 0 nitrogen and oxygen atoms in total. The topological polar surface area (TPSA) is 0 Å². The first kappa shape index (κ1) is 13.5. The molecule has 0 unspecified atom stereocenters. The maximum atomic E-state index is 2.68. The Morgan fingerprint density at radius 1 is 0.769 bits per heavy atom. The van der Waals surface area contributed by atoms with Crippen molar-refractivity contribution < 1.29 is 0 Å². The van der Waals surface area contributed by atoms with Crippen molar-refractivity contribution in [2.45, 2.75) is 53.3 Å². The van der Waals surface area contributed by atoms with Gasteiger partial charge in [-0.2, -0.15) is 6.32 Å². The molecule has 0 amide bonds. The summed E-state index contributed by atoms with van der Waals surface area (Å²) in [6, 6.07) is 0. The first-order valence-electron chi connectivity index (χ1n) is 5.94. The maximum absolute atomic E-state index is 2.68. The van der Waals surface area contributed by atoms with Gasteiger partial charge in [0.2, 0.25) is 0 Å². The standard InChI is InChI=1S/C11H26BP/c1-5-9-13(10-6-2,11-7-3)12-8-4/h5-11H2,1-4H3. The van der Waals surface area contributed by atoms with E-state index < -0.39 is 7.14 Å². The Balaban J connectivity index is 4.19. The highest BCUT2D eigenvalue weighted by Gasteiger charge is 2.21. The van der Waals surface area contributed by atoms with Gasteiger partial charge < -0.3 is 0 Å². The minimum atomic E-state index is -0.621. The smallest absolute Gasteiger partial charge is 0.0143 e. The summed E-state index contributed by atoms with van der Waals surface area (Å²) in [7, 11) is -0.621. The first-order valence-corrected chi connectivity index (χ1v) is 8.36. The molecule has 0 aromatic rings. The van der Waals surface area contributed by atoms with Gasteiger partial charge in [-0.25, -0.2) is 7.14 Å². The Morgan fingerprint density at radius 2 is 1.15 bits per heavy atom. The average molecular weight is 200 g/mol. The molecule has 0 aliphatic heterocycles. The fourth-order valence-electron chi connectivity index (χ4n) is 2.33. The number of hydrogen-bond acceptors (Lipinski definition) is 0. The summed E-state index contributed by atoms with van der Waals surface area (Å²) in [6.45, 7) is 12.0. The minimum absolute atomic E-state index is 0.621. The largest absolute Gasteiger partial charge is 0.211 e. The van der Waals surface area contributed by atoms with Crippen LogP contribution in [-0.2, 0) is 0 Å². The van der Waals surface area contributed by atoms with Crippen LogP contribution in [0.25, 0.3) is 0 Å². The second kappa shape index (κ2) is 7.86. The Kier molecular flexibility index (Phi) is 8.16. The summed E-state index contributed by atoms with van der Waals surface area (Å²) in [5.41, 5.74) is 0. The van der Waals surface area contributed by atoms with Crippen molar-refractivity contribution in [3.8, 4) is 0 Å². The normalized spacial score (nSPS) is 12.0. The molecule has 0 rings (SSSR count). The molecule has 0 atom stereocenters. The first-order chi connectivity index (χ1) is 6.24. The van der Waals surface area contributed by atoms with Crippen molar-refractivity contribution in [1.82, 2.24) is 0 Å². The highest BCUT2D eigenvalue weighted by molar-refractivity contribution is 8.00. The van der Waals surface area contributed by atoms with E-state index in [1.165, 1.54) is 44.1 Å². The van der Waals surface area contributed by atoms with Crippen LogP contribution in [-0.4, -0.2) is 25.5 Å². The summed E-state index contributed by atoms with van der Waals surface area (Å²) in [4.78, 5) is 0. The monoisotopic (exact) mass is 200 g/mol. The molecular formula is C11H26BP. The molecule has 0 saturated carbocycles. The van der Waals surface area contributed by atoms with Gasteiger partial charge in [0.15, 0.2) is 0 Å². The van der Waals surface area contributed by atoms with E-state index in [2.05, 4.69) is 34.7 Å². The summed E-state index contributed by atoms with van der Waals surface area (Å²) >= 11 is 0. The van der Waals surface area contributed by atoms with Crippen LogP contribution < -0.4 is 0 Å². The van der Waals surface area contributed by atoms with E-state index in [4.69, 9.17) is 0 Å². The Morgan fingerprint density at radius 3 is 1.38 bits per heavy atom. The highest BCUT2D eigenvalue weighted by Crippen LogP contribution is 2.58. The molecule has 0 spiro atoms. The van der Waals surface area contributed by atoms with Gasteiger partial charge in [0, 0.05) is 18.5 Å². The van der Waals surface area contributed by atoms with Gasteiger partial charge in [-0.05, 0) is 19.3 Å². The van der Waals surface area contributed by atoms with Crippen LogP contribution in [0, 0.1) is 0 Å². The van der Waals surface area contributed by atoms with E-state index in [1.807, 2.05) is 0 Å². The minimum Gasteiger partial charge on any atom is -0.211 e. The molecule has 2 heteroatoms. The molecule has 0 bridgehead atoms. The average Bonchev–Trinajstić information content (AvgIpc) is 2.06. The van der Waals surface area contributed by atoms with E-state index >= 15 is 0 Å². The molecule has 0 heterocycles.